The van der Waals surface area contributed by atoms with Crippen LogP contribution < -0.4 is 4.72 Å². The average molecular weight is 465 g/mol. The number of morpholine rings is 1. The molecule has 1 N–H and O–H groups in total. The fourth-order valence-electron chi connectivity index (χ4n) is 4.06. The summed E-state index contributed by atoms with van der Waals surface area (Å²) >= 11 is 1.46. The van der Waals surface area contributed by atoms with Gasteiger partial charge < -0.3 is 4.74 Å². The molecule has 2 aliphatic rings. The first-order chi connectivity index (χ1) is 14.8. The van der Waals surface area contributed by atoms with Gasteiger partial charge in [-0.05, 0) is 53.6 Å². The van der Waals surface area contributed by atoms with Gasteiger partial charge in [-0.25, -0.2) is 17.5 Å². The first-order valence-electron chi connectivity index (χ1n) is 10.8. The van der Waals surface area contributed by atoms with E-state index in [2.05, 4.69) is 9.62 Å². The summed E-state index contributed by atoms with van der Waals surface area (Å²) in [5.74, 6) is -0.199. The molecule has 0 aromatic heterocycles. The molecule has 2 heterocycles. The van der Waals surface area contributed by atoms with Crippen molar-refractivity contribution in [3.63, 3.8) is 0 Å². The summed E-state index contributed by atoms with van der Waals surface area (Å²) in [6.45, 7) is 8.08. The van der Waals surface area contributed by atoms with E-state index < -0.39 is 10.0 Å². The minimum atomic E-state index is -3.66. The van der Waals surface area contributed by atoms with Gasteiger partial charge in [-0.15, -0.1) is 0 Å². The van der Waals surface area contributed by atoms with Crippen LogP contribution in [-0.4, -0.2) is 52.7 Å². The summed E-state index contributed by atoms with van der Waals surface area (Å²) < 4.78 is 48.4. The van der Waals surface area contributed by atoms with Crippen molar-refractivity contribution in [2.24, 2.45) is 0 Å². The molecule has 0 amide bonds. The predicted molar refractivity (Wildman–Crippen MR) is 121 cm³/mol. The standard InChI is InChI=1S/C23H29FN2O3S2/c1-16(2)20-13-18-4-3-17-5-6-19(24)14-21(17)30-22(18)15-23(20)31(27,28)25-7-8-26-9-11-29-12-10-26/h5-6,13-16,25H,3-4,7-12H2,1-2H3. The summed E-state index contributed by atoms with van der Waals surface area (Å²) in [6.07, 6.45) is 1.63. The largest absolute Gasteiger partial charge is 0.379 e. The normalized spacial score (nSPS) is 17.3. The Morgan fingerprint density at radius 3 is 2.55 bits per heavy atom. The lowest BCUT2D eigenvalue weighted by Crippen LogP contribution is -2.41. The first kappa shape index (κ1) is 22.7. The number of nitrogens with zero attached hydrogens (tertiary/aromatic N) is 1. The van der Waals surface area contributed by atoms with E-state index in [4.69, 9.17) is 4.74 Å². The highest BCUT2D eigenvalue weighted by molar-refractivity contribution is 7.99. The van der Waals surface area contributed by atoms with Crippen molar-refractivity contribution in [1.82, 2.24) is 9.62 Å². The molecular weight excluding hydrogens is 435 g/mol. The third kappa shape index (κ3) is 5.31. The number of aryl methyl sites for hydroxylation is 2. The molecule has 4 rings (SSSR count). The number of sulfonamides is 1. The van der Waals surface area contributed by atoms with Crippen LogP contribution in [0.25, 0.3) is 0 Å². The van der Waals surface area contributed by atoms with Crippen molar-refractivity contribution < 1.29 is 17.5 Å². The van der Waals surface area contributed by atoms with Gasteiger partial charge in [-0.3, -0.25) is 4.90 Å². The number of hydrogen-bond acceptors (Lipinski definition) is 5. The lowest BCUT2D eigenvalue weighted by molar-refractivity contribution is 0.0390. The molecule has 31 heavy (non-hydrogen) atoms. The Hall–Kier alpha value is -1.45. The van der Waals surface area contributed by atoms with Crippen molar-refractivity contribution in [1.29, 1.82) is 0 Å². The Bertz CT molecular complexity index is 1050. The van der Waals surface area contributed by atoms with Crippen LogP contribution in [0.4, 0.5) is 4.39 Å². The Morgan fingerprint density at radius 1 is 1.10 bits per heavy atom. The van der Waals surface area contributed by atoms with E-state index in [9.17, 15) is 12.8 Å². The molecule has 1 saturated heterocycles. The summed E-state index contributed by atoms with van der Waals surface area (Å²) in [4.78, 5) is 4.28. The molecular formula is C23H29FN2O3S2. The van der Waals surface area contributed by atoms with Gasteiger partial charge in [0.2, 0.25) is 10.0 Å². The number of nitrogens with one attached hydrogen (secondary N) is 1. The Labute approximate surface area is 188 Å². The molecule has 0 saturated carbocycles. The predicted octanol–water partition coefficient (Wildman–Crippen LogP) is 3.81. The highest BCUT2D eigenvalue weighted by atomic mass is 32.2. The third-order valence-electron chi connectivity index (χ3n) is 5.84. The number of ether oxygens (including phenoxy) is 1. The van der Waals surface area contributed by atoms with Gasteiger partial charge >= 0.3 is 0 Å². The summed E-state index contributed by atoms with van der Waals surface area (Å²) in [5, 5.41) is 0. The van der Waals surface area contributed by atoms with Crippen molar-refractivity contribution >= 4 is 21.8 Å². The Morgan fingerprint density at radius 2 is 1.81 bits per heavy atom. The van der Waals surface area contributed by atoms with Crippen LogP contribution >= 0.6 is 11.8 Å². The molecule has 168 valence electrons. The van der Waals surface area contributed by atoms with Crippen LogP contribution in [0.15, 0.2) is 45.0 Å². The minimum absolute atomic E-state index is 0.0733. The molecule has 0 atom stereocenters. The maximum Gasteiger partial charge on any atom is 0.240 e. The zero-order chi connectivity index (χ0) is 22.0. The smallest absolute Gasteiger partial charge is 0.240 e. The van der Waals surface area contributed by atoms with E-state index in [0.717, 1.165) is 52.4 Å². The topological polar surface area (TPSA) is 58.6 Å². The number of fused-ring (bicyclic) bond motifs is 2. The van der Waals surface area contributed by atoms with Gasteiger partial charge in [0.05, 0.1) is 18.1 Å². The number of rotatable bonds is 6. The minimum Gasteiger partial charge on any atom is -0.379 e. The van der Waals surface area contributed by atoms with Gasteiger partial charge in [-0.2, -0.15) is 0 Å². The molecule has 1 fully saturated rings. The fraction of sp³-hybridized carbons (Fsp3) is 0.478. The second-order valence-corrected chi connectivity index (χ2v) is 11.2. The molecule has 5 nitrogen and oxygen atoms in total. The van der Waals surface area contributed by atoms with Gasteiger partial charge in [0.1, 0.15) is 5.82 Å². The number of hydrogen-bond donors (Lipinski definition) is 1. The van der Waals surface area contributed by atoms with Gasteiger partial charge in [0.15, 0.2) is 0 Å². The molecule has 0 aliphatic carbocycles. The molecule has 2 aliphatic heterocycles. The number of benzene rings is 2. The molecule has 0 bridgehead atoms. The Balaban J connectivity index is 1.60. The van der Waals surface area contributed by atoms with Crippen LogP contribution in [-0.2, 0) is 27.6 Å². The SMILES string of the molecule is CC(C)c1cc2c(cc1S(=O)(=O)NCCN1CCOCC1)Sc1cc(F)ccc1CC2. The second kappa shape index (κ2) is 9.58. The third-order valence-corrected chi connectivity index (χ3v) is 8.56. The van der Waals surface area contributed by atoms with E-state index in [1.807, 2.05) is 26.0 Å². The van der Waals surface area contributed by atoms with E-state index in [1.54, 1.807) is 12.1 Å². The quantitative estimate of drug-likeness (QED) is 0.705. The molecule has 8 heteroatoms. The van der Waals surface area contributed by atoms with Crippen molar-refractivity contribution in [2.75, 3.05) is 39.4 Å². The average Bonchev–Trinajstić information content (AvgIpc) is 2.91. The maximum atomic E-state index is 13.8. The first-order valence-corrected chi connectivity index (χ1v) is 13.1. The second-order valence-electron chi connectivity index (χ2n) is 8.36. The van der Waals surface area contributed by atoms with E-state index >= 15 is 0 Å². The van der Waals surface area contributed by atoms with Crippen LogP contribution in [0.3, 0.4) is 0 Å². The van der Waals surface area contributed by atoms with E-state index in [0.29, 0.717) is 31.2 Å². The monoisotopic (exact) mass is 464 g/mol. The highest BCUT2D eigenvalue weighted by Crippen LogP contribution is 2.40. The van der Waals surface area contributed by atoms with Crippen molar-refractivity contribution in [3.05, 3.63) is 52.8 Å². The zero-order valence-corrected chi connectivity index (χ0v) is 19.6. The fourth-order valence-corrected chi connectivity index (χ4v) is 6.70. The maximum absolute atomic E-state index is 13.8. The Kier molecular flexibility index (Phi) is 7.03. The molecule has 0 unspecified atom stereocenters. The van der Waals surface area contributed by atoms with Crippen LogP contribution in [0.5, 0.6) is 0 Å². The molecule has 0 radical (unpaired) electrons. The van der Waals surface area contributed by atoms with Crippen molar-refractivity contribution in [3.8, 4) is 0 Å². The zero-order valence-electron chi connectivity index (χ0n) is 18.0. The van der Waals surface area contributed by atoms with Gasteiger partial charge in [0, 0.05) is 36.0 Å². The van der Waals surface area contributed by atoms with E-state index in [-0.39, 0.29) is 11.7 Å². The summed E-state index contributed by atoms with van der Waals surface area (Å²) in [5.41, 5.74) is 3.05. The molecule has 0 spiro atoms. The van der Waals surface area contributed by atoms with Crippen molar-refractivity contribution in [2.45, 2.75) is 47.3 Å². The highest BCUT2D eigenvalue weighted by Gasteiger charge is 2.25. The summed E-state index contributed by atoms with van der Waals surface area (Å²) in [7, 11) is -3.66. The number of halogens is 1. The van der Waals surface area contributed by atoms with Crippen LogP contribution in [0, 0.1) is 5.82 Å². The lowest BCUT2D eigenvalue weighted by Gasteiger charge is -2.26. The molecule has 2 aromatic rings. The summed E-state index contributed by atoms with van der Waals surface area (Å²) in [6, 6.07) is 8.68. The van der Waals surface area contributed by atoms with Gasteiger partial charge in [-0.1, -0.05) is 37.7 Å². The van der Waals surface area contributed by atoms with E-state index in [1.165, 1.54) is 17.8 Å². The molecule has 2 aromatic carbocycles. The lowest BCUT2D eigenvalue weighted by atomic mass is 9.97. The van der Waals surface area contributed by atoms with Crippen LogP contribution in [0.2, 0.25) is 0 Å². The van der Waals surface area contributed by atoms with Crippen LogP contribution in [0.1, 0.15) is 36.5 Å². The van der Waals surface area contributed by atoms with Gasteiger partial charge in [0.25, 0.3) is 0 Å².